The summed E-state index contributed by atoms with van der Waals surface area (Å²) in [6, 6.07) is 0.683. The van der Waals surface area contributed by atoms with Crippen LogP contribution in [0.1, 0.15) is 58.3 Å². The van der Waals surface area contributed by atoms with Gasteiger partial charge in [-0.15, -0.1) is 0 Å². The monoisotopic (exact) mass is 293 g/mol. The second kappa shape index (κ2) is 5.95. The molecule has 0 aromatic carbocycles. The van der Waals surface area contributed by atoms with E-state index in [1.54, 1.807) is 0 Å². The first-order valence-corrected chi connectivity index (χ1v) is 8.45. The fourth-order valence-corrected chi connectivity index (χ4v) is 4.45. The molecule has 0 spiro atoms. The third-order valence-electron chi connectivity index (χ3n) is 5.42. The molecule has 2 amide bonds. The molecule has 0 radical (unpaired) electrons. The fraction of sp³-hybridized carbons (Fsp3) is 0.875. The van der Waals surface area contributed by atoms with Crippen molar-refractivity contribution in [1.82, 2.24) is 15.5 Å². The second-order valence-electron chi connectivity index (χ2n) is 6.91. The Morgan fingerprint density at radius 3 is 2.52 bits per heavy atom. The highest BCUT2D eigenvalue weighted by atomic mass is 16.2. The largest absolute Gasteiger partial charge is 0.342 e. The van der Waals surface area contributed by atoms with Crippen LogP contribution in [0.25, 0.3) is 0 Å². The zero-order valence-corrected chi connectivity index (χ0v) is 13.0. The van der Waals surface area contributed by atoms with E-state index in [1.165, 1.54) is 13.3 Å². The molecule has 21 heavy (non-hydrogen) atoms. The number of amides is 2. The molecule has 5 heteroatoms. The van der Waals surface area contributed by atoms with Gasteiger partial charge < -0.3 is 15.5 Å². The van der Waals surface area contributed by atoms with Crippen molar-refractivity contribution in [2.45, 2.75) is 75.9 Å². The Labute approximate surface area is 126 Å². The quantitative estimate of drug-likeness (QED) is 0.803. The molecule has 2 saturated heterocycles. The Kier molecular flexibility index (Phi) is 4.20. The summed E-state index contributed by atoms with van der Waals surface area (Å²) in [5.41, 5.74) is -0.630. The normalized spacial score (nSPS) is 31.6. The summed E-state index contributed by atoms with van der Waals surface area (Å²) in [7, 11) is 0. The van der Waals surface area contributed by atoms with Crippen molar-refractivity contribution in [3.8, 4) is 0 Å². The van der Waals surface area contributed by atoms with E-state index in [9.17, 15) is 9.59 Å². The Morgan fingerprint density at radius 1 is 1.10 bits per heavy atom. The molecule has 0 aromatic rings. The summed E-state index contributed by atoms with van der Waals surface area (Å²) >= 11 is 0. The van der Waals surface area contributed by atoms with Crippen molar-refractivity contribution in [1.29, 1.82) is 0 Å². The van der Waals surface area contributed by atoms with Crippen molar-refractivity contribution >= 4 is 11.8 Å². The molecule has 2 unspecified atom stereocenters. The summed E-state index contributed by atoms with van der Waals surface area (Å²) in [6.45, 7) is 3.43. The Balaban J connectivity index is 1.84. The maximum Gasteiger partial charge on any atom is 0.248 e. The van der Waals surface area contributed by atoms with Gasteiger partial charge in [-0.25, -0.2) is 0 Å². The molecule has 2 aliphatic heterocycles. The Hall–Kier alpha value is -1.10. The van der Waals surface area contributed by atoms with Gasteiger partial charge in [0.25, 0.3) is 0 Å². The van der Waals surface area contributed by atoms with E-state index in [4.69, 9.17) is 0 Å². The number of nitrogens with zero attached hydrogens (tertiary/aromatic N) is 1. The molecule has 2 heterocycles. The molecule has 2 bridgehead atoms. The van der Waals surface area contributed by atoms with Crippen LogP contribution >= 0.6 is 0 Å². The number of nitrogens with one attached hydrogen (secondary N) is 2. The smallest absolute Gasteiger partial charge is 0.248 e. The van der Waals surface area contributed by atoms with Gasteiger partial charge >= 0.3 is 0 Å². The third-order valence-corrected chi connectivity index (χ3v) is 5.42. The van der Waals surface area contributed by atoms with E-state index in [0.717, 1.165) is 58.0 Å². The van der Waals surface area contributed by atoms with Gasteiger partial charge in [0.2, 0.25) is 11.8 Å². The lowest BCUT2D eigenvalue weighted by Gasteiger charge is -2.42. The number of rotatable bonds is 2. The SMILES string of the molecule is CC(=O)NC1(C(=O)N2C3CCNCC2CC3)CCCCC1. The second-order valence-corrected chi connectivity index (χ2v) is 6.91. The van der Waals surface area contributed by atoms with Crippen LogP contribution in [0.5, 0.6) is 0 Å². The summed E-state index contributed by atoms with van der Waals surface area (Å²) in [5.74, 6) is 0.110. The predicted molar refractivity (Wildman–Crippen MR) is 80.8 cm³/mol. The molecule has 2 atom stereocenters. The van der Waals surface area contributed by atoms with Crippen LogP contribution in [0.2, 0.25) is 0 Å². The lowest BCUT2D eigenvalue weighted by Crippen LogP contribution is -2.62. The van der Waals surface area contributed by atoms with Gasteiger partial charge in [0.1, 0.15) is 5.54 Å². The summed E-state index contributed by atoms with van der Waals surface area (Å²) in [5, 5.41) is 6.47. The molecular weight excluding hydrogens is 266 g/mol. The van der Waals surface area contributed by atoms with Crippen LogP contribution in [0.15, 0.2) is 0 Å². The maximum atomic E-state index is 13.3. The highest BCUT2D eigenvalue weighted by Gasteiger charge is 2.48. The van der Waals surface area contributed by atoms with E-state index < -0.39 is 5.54 Å². The summed E-state index contributed by atoms with van der Waals surface area (Å²) in [4.78, 5) is 27.1. The first kappa shape index (κ1) is 14.8. The average Bonchev–Trinajstić information content (AvgIpc) is 2.71. The van der Waals surface area contributed by atoms with Crippen LogP contribution in [-0.4, -0.2) is 47.4 Å². The van der Waals surface area contributed by atoms with Gasteiger partial charge in [-0.1, -0.05) is 19.3 Å². The van der Waals surface area contributed by atoms with Gasteiger partial charge in [0, 0.05) is 25.6 Å². The number of hydrogen-bond acceptors (Lipinski definition) is 3. The predicted octanol–water partition coefficient (Wildman–Crippen LogP) is 1.18. The molecule has 2 N–H and O–H groups in total. The van der Waals surface area contributed by atoms with Crippen molar-refractivity contribution < 1.29 is 9.59 Å². The average molecular weight is 293 g/mol. The van der Waals surface area contributed by atoms with Crippen molar-refractivity contribution in [3.63, 3.8) is 0 Å². The van der Waals surface area contributed by atoms with Gasteiger partial charge in [0.15, 0.2) is 0 Å². The zero-order chi connectivity index (χ0) is 14.9. The first-order valence-electron chi connectivity index (χ1n) is 8.45. The molecule has 1 saturated carbocycles. The lowest BCUT2D eigenvalue weighted by molar-refractivity contribution is -0.145. The Morgan fingerprint density at radius 2 is 1.81 bits per heavy atom. The highest BCUT2D eigenvalue weighted by Crippen LogP contribution is 2.36. The van der Waals surface area contributed by atoms with Crippen LogP contribution in [0, 0.1) is 0 Å². The first-order chi connectivity index (χ1) is 10.1. The minimum Gasteiger partial charge on any atom is -0.342 e. The van der Waals surface area contributed by atoms with Crippen molar-refractivity contribution in [2.75, 3.05) is 13.1 Å². The molecule has 3 fully saturated rings. The molecule has 5 nitrogen and oxygen atoms in total. The fourth-order valence-electron chi connectivity index (χ4n) is 4.45. The number of carbonyl (C=O) groups excluding carboxylic acids is 2. The maximum absolute atomic E-state index is 13.3. The number of fused-ring (bicyclic) bond motifs is 2. The number of carbonyl (C=O) groups is 2. The van der Waals surface area contributed by atoms with Gasteiger partial charge in [-0.3, -0.25) is 9.59 Å². The van der Waals surface area contributed by atoms with E-state index in [0.29, 0.717) is 12.1 Å². The molecule has 3 rings (SSSR count). The highest BCUT2D eigenvalue weighted by molar-refractivity contribution is 5.91. The standard InChI is InChI=1S/C16H27N3O2/c1-12(20)18-16(8-3-2-4-9-16)15(21)19-13-5-6-14(19)11-17-10-7-13/h13-14,17H,2-11H2,1H3,(H,18,20). The van der Waals surface area contributed by atoms with Crippen LogP contribution in [0.3, 0.4) is 0 Å². The zero-order valence-electron chi connectivity index (χ0n) is 13.0. The van der Waals surface area contributed by atoms with Crippen molar-refractivity contribution in [3.05, 3.63) is 0 Å². The Bertz CT molecular complexity index is 404. The van der Waals surface area contributed by atoms with Gasteiger partial charge in [0.05, 0.1) is 0 Å². The van der Waals surface area contributed by atoms with Crippen LogP contribution < -0.4 is 10.6 Å². The molecule has 1 aliphatic carbocycles. The molecule has 118 valence electrons. The molecule has 0 aromatic heterocycles. The van der Waals surface area contributed by atoms with Crippen molar-refractivity contribution in [2.24, 2.45) is 0 Å². The van der Waals surface area contributed by atoms with Crippen LogP contribution in [0.4, 0.5) is 0 Å². The molecule has 3 aliphatic rings. The van der Waals surface area contributed by atoms with Gasteiger partial charge in [-0.2, -0.15) is 0 Å². The minimum atomic E-state index is -0.630. The van der Waals surface area contributed by atoms with Crippen LogP contribution in [-0.2, 0) is 9.59 Å². The third kappa shape index (κ3) is 2.80. The number of hydrogen-bond donors (Lipinski definition) is 2. The van der Waals surface area contributed by atoms with E-state index in [2.05, 4.69) is 15.5 Å². The molecular formula is C16H27N3O2. The lowest BCUT2D eigenvalue weighted by atomic mass is 9.80. The van der Waals surface area contributed by atoms with E-state index in [-0.39, 0.29) is 11.8 Å². The van der Waals surface area contributed by atoms with E-state index >= 15 is 0 Å². The summed E-state index contributed by atoms with van der Waals surface area (Å²) in [6.07, 6.45) is 8.10. The summed E-state index contributed by atoms with van der Waals surface area (Å²) < 4.78 is 0. The topological polar surface area (TPSA) is 61.4 Å². The van der Waals surface area contributed by atoms with E-state index in [1.807, 2.05) is 0 Å². The van der Waals surface area contributed by atoms with Gasteiger partial charge in [-0.05, 0) is 38.6 Å². The minimum absolute atomic E-state index is 0.0782.